The Kier molecular flexibility index (Phi) is 5.91. The van der Waals surface area contributed by atoms with Gasteiger partial charge in [0.25, 0.3) is 11.6 Å². The molecule has 0 spiro atoms. The number of hydrogen-bond acceptors (Lipinski definition) is 6. The van der Waals surface area contributed by atoms with Crippen molar-refractivity contribution in [1.29, 1.82) is 0 Å². The van der Waals surface area contributed by atoms with Crippen LogP contribution < -0.4 is 14.8 Å². The van der Waals surface area contributed by atoms with Gasteiger partial charge in [0.2, 0.25) is 0 Å². The second-order valence-electron chi connectivity index (χ2n) is 5.14. The fourth-order valence-corrected chi connectivity index (χ4v) is 2.20. The quantitative estimate of drug-likeness (QED) is 0.586. The van der Waals surface area contributed by atoms with E-state index in [0.717, 1.165) is 0 Å². The summed E-state index contributed by atoms with van der Waals surface area (Å²) in [5.74, 6) is 0.540. The number of benzene rings is 2. The van der Waals surface area contributed by atoms with Gasteiger partial charge in [-0.3, -0.25) is 14.9 Å². The molecule has 0 unspecified atom stereocenters. The standard InChI is InChI=1S/C17H18N2O6/c1-24-15-8-5-12(9-16(15)25-2)17(21)18-10-14(20)11-3-6-13(7-4-11)19(22)23/h3-9,14,20H,10H2,1-2H3,(H,18,21)/t14-/m0/s1. The first-order valence-electron chi connectivity index (χ1n) is 7.39. The largest absolute Gasteiger partial charge is 0.493 e. The van der Waals surface area contributed by atoms with Crippen LogP contribution >= 0.6 is 0 Å². The summed E-state index contributed by atoms with van der Waals surface area (Å²) < 4.78 is 10.3. The predicted octanol–water partition coefficient (Wildman–Crippen LogP) is 2.08. The molecule has 0 bridgehead atoms. The van der Waals surface area contributed by atoms with Crippen LogP contribution in [0.3, 0.4) is 0 Å². The summed E-state index contributed by atoms with van der Waals surface area (Å²) in [6.45, 7) is -0.0367. The van der Waals surface area contributed by atoms with Crippen molar-refractivity contribution in [2.24, 2.45) is 0 Å². The van der Waals surface area contributed by atoms with Crippen molar-refractivity contribution >= 4 is 11.6 Å². The average Bonchev–Trinajstić information content (AvgIpc) is 2.65. The Morgan fingerprint density at radius 2 is 1.80 bits per heavy atom. The molecule has 0 saturated carbocycles. The molecule has 0 saturated heterocycles. The number of carbonyl (C=O) groups is 1. The highest BCUT2D eigenvalue weighted by molar-refractivity contribution is 5.94. The number of nitrogens with zero attached hydrogens (tertiary/aromatic N) is 1. The lowest BCUT2D eigenvalue weighted by Crippen LogP contribution is -2.28. The fourth-order valence-electron chi connectivity index (χ4n) is 2.20. The normalized spacial score (nSPS) is 11.5. The molecule has 1 amide bonds. The molecule has 8 nitrogen and oxygen atoms in total. The van der Waals surface area contributed by atoms with Gasteiger partial charge < -0.3 is 19.9 Å². The SMILES string of the molecule is COc1ccc(C(=O)NC[C@H](O)c2ccc([N+](=O)[O-])cc2)cc1OC. The van der Waals surface area contributed by atoms with Gasteiger partial charge in [-0.25, -0.2) is 0 Å². The zero-order chi connectivity index (χ0) is 18.4. The Balaban J connectivity index is 2.00. The van der Waals surface area contributed by atoms with Crippen molar-refractivity contribution in [1.82, 2.24) is 5.32 Å². The number of aliphatic hydroxyl groups excluding tert-OH is 1. The van der Waals surface area contributed by atoms with E-state index in [1.54, 1.807) is 12.1 Å². The van der Waals surface area contributed by atoms with Crippen molar-refractivity contribution in [3.8, 4) is 11.5 Å². The number of ether oxygens (including phenoxy) is 2. The van der Waals surface area contributed by atoms with Gasteiger partial charge in [0.15, 0.2) is 11.5 Å². The Labute approximate surface area is 144 Å². The first-order chi connectivity index (χ1) is 12.0. The maximum Gasteiger partial charge on any atom is 0.269 e. The maximum absolute atomic E-state index is 12.2. The van der Waals surface area contributed by atoms with Crippen molar-refractivity contribution in [2.45, 2.75) is 6.10 Å². The van der Waals surface area contributed by atoms with Gasteiger partial charge in [-0.1, -0.05) is 0 Å². The molecule has 0 aliphatic heterocycles. The monoisotopic (exact) mass is 346 g/mol. The van der Waals surface area contributed by atoms with Gasteiger partial charge in [0.05, 0.1) is 25.2 Å². The van der Waals surface area contributed by atoms with E-state index in [2.05, 4.69) is 5.32 Å². The van der Waals surface area contributed by atoms with Crippen molar-refractivity contribution in [3.05, 3.63) is 63.7 Å². The molecule has 2 rings (SSSR count). The second-order valence-corrected chi connectivity index (χ2v) is 5.14. The molecule has 2 N–H and O–H groups in total. The minimum Gasteiger partial charge on any atom is -0.493 e. The van der Waals surface area contributed by atoms with Gasteiger partial charge in [-0.05, 0) is 35.9 Å². The molecule has 132 valence electrons. The van der Waals surface area contributed by atoms with Crippen LogP contribution in [0.15, 0.2) is 42.5 Å². The van der Waals surface area contributed by atoms with E-state index in [-0.39, 0.29) is 18.1 Å². The topological polar surface area (TPSA) is 111 Å². The highest BCUT2D eigenvalue weighted by Crippen LogP contribution is 2.27. The molecule has 0 aliphatic rings. The van der Waals surface area contributed by atoms with Crippen LogP contribution in [0.5, 0.6) is 11.5 Å². The third-order valence-corrected chi connectivity index (χ3v) is 3.59. The molecule has 0 fully saturated rings. The number of rotatable bonds is 7. The van der Waals surface area contributed by atoms with Crippen LogP contribution in [0.2, 0.25) is 0 Å². The zero-order valence-electron chi connectivity index (χ0n) is 13.8. The number of nitrogens with one attached hydrogen (secondary N) is 1. The number of methoxy groups -OCH3 is 2. The molecule has 2 aromatic carbocycles. The first-order valence-corrected chi connectivity index (χ1v) is 7.39. The molecular formula is C17H18N2O6. The molecular weight excluding hydrogens is 328 g/mol. The third-order valence-electron chi connectivity index (χ3n) is 3.59. The second kappa shape index (κ2) is 8.11. The summed E-state index contributed by atoms with van der Waals surface area (Å²) in [6.07, 6.45) is -0.982. The first kappa shape index (κ1) is 18.2. The lowest BCUT2D eigenvalue weighted by atomic mass is 10.1. The molecule has 0 radical (unpaired) electrons. The summed E-state index contributed by atoms with van der Waals surface area (Å²) in [6, 6.07) is 10.2. The summed E-state index contributed by atoms with van der Waals surface area (Å²) >= 11 is 0. The molecule has 8 heteroatoms. The number of non-ortho nitro benzene ring substituents is 1. The van der Waals surface area contributed by atoms with Crippen molar-refractivity contribution < 1.29 is 24.3 Å². The smallest absolute Gasteiger partial charge is 0.269 e. The molecule has 2 aromatic rings. The zero-order valence-corrected chi connectivity index (χ0v) is 13.8. The predicted molar refractivity (Wildman–Crippen MR) is 89.9 cm³/mol. The van der Waals surface area contributed by atoms with Crippen LogP contribution in [0.25, 0.3) is 0 Å². The highest BCUT2D eigenvalue weighted by atomic mass is 16.6. The van der Waals surface area contributed by atoms with Gasteiger partial charge >= 0.3 is 0 Å². The summed E-state index contributed by atoms with van der Waals surface area (Å²) in [7, 11) is 2.97. The van der Waals surface area contributed by atoms with Crippen LogP contribution in [-0.4, -0.2) is 36.7 Å². The van der Waals surface area contributed by atoms with Gasteiger partial charge in [0.1, 0.15) is 0 Å². The Morgan fingerprint density at radius 1 is 1.16 bits per heavy atom. The summed E-state index contributed by atoms with van der Waals surface area (Å²) in [5.41, 5.74) is 0.761. The van der Waals surface area contributed by atoms with Crippen LogP contribution in [0.4, 0.5) is 5.69 Å². The molecule has 0 heterocycles. The van der Waals surface area contributed by atoms with E-state index in [4.69, 9.17) is 9.47 Å². The fraction of sp³-hybridized carbons (Fsp3) is 0.235. The maximum atomic E-state index is 12.2. The summed E-state index contributed by atoms with van der Waals surface area (Å²) in [4.78, 5) is 22.3. The number of aliphatic hydroxyl groups is 1. The van der Waals surface area contributed by atoms with Crippen molar-refractivity contribution in [2.75, 3.05) is 20.8 Å². The van der Waals surface area contributed by atoms with Crippen LogP contribution in [0.1, 0.15) is 22.0 Å². The van der Waals surface area contributed by atoms with Crippen LogP contribution in [0, 0.1) is 10.1 Å². The van der Waals surface area contributed by atoms with E-state index < -0.39 is 11.0 Å². The van der Waals surface area contributed by atoms with E-state index in [1.807, 2.05) is 0 Å². The number of hydrogen-bond donors (Lipinski definition) is 2. The molecule has 25 heavy (non-hydrogen) atoms. The van der Waals surface area contributed by atoms with E-state index in [9.17, 15) is 20.0 Å². The van der Waals surface area contributed by atoms with Crippen LogP contribution in [-0.2, 0) is 0 Å². The van der Waals surface area contributed by atoms with E-state index in [0.29, 0.717) is 22.6 Å². The molecule has 0 aliphatic carbocycles. The number of amides is 1. The van der Waals surface area contributed by atoms with Gasteiger partial charge in [-0.15, -0.1) is 0 Å². The minimum atomic E-state index is -0.982. The Hall–Kier alpha value is -3.13. The number of nitro benzene ring substituents is 1. The Bertz CT molecular complexity index is 760. The van der Waals surface area contributed by atoms with Gasteiger partial charge in [0, 0.05) is 24.2 Å². The highest BCUT2D eigenvalue weighted by Gasteiger charge is 2.14. The summed E-state index contributed by atoms with van der Waals surface area (Å²) in [5, 5.41) is 23.3. The van der Waals surface area contributed by atoms with E-state index in [1.165, 1.54) is 44.6 Å². The lowest BCUT2D eigenvalue weighted by Gasteiger charge is -2.13. The van der Waals surface area contributed by atoms with E-state index >= 15 is 0 Å². The lowest BCUT2D eigenvalue weighted by molar-refractivity contribution is -0.384. The molecule has 1 atom stereocenters. The number of nitro groups is 1. The van der Waals surface area contributed by atoms with Crippen molar-refractivity contribution in [3.63, 3.8) is 0 Å². The minimum absolute atomic E-state index is 0.0367. The number of carbonyl (C=O) groups excluding carboxylic acids is 1. The molecule has 0 aromatic heterocycles. The average molecular weight is 346 g/mol. The van der Waals surface area contributed by atoms with Gasteiger partial charge in [-0.2, -0.15) is 0 Å². The third kappa shape index (κ3) is 4.45. The Morgan fingerprint density at radius 3 is 2.36 bits per heavy atom.